The molecule has 0 aliphatic carbocycles. The van der Waals surface area contributed by atoms with Gasteiger partial charge in [0, 0.05) is 16.7 Å². The lowest BCUT2D eigenvalue weighted by Gasteiger charge is -2.35. The molecule has 0 heterocycles. The fraction of sp³-hybridized carbons (Fsp3) is 0.136. The monoisotopic (exact) mass is 350 g/mol. The van der Waals surface area contributed by atoms with Gasteiger partial charge >= 0.3 is 5.97 Å². The van der Waals surface area contributed by atoms with Gasteiger partial charge in [-0.3, -0.25) is 4.79 Å². The van der Waals surface area contributed by atoms with E-state index >= 15 is 0 Å². The van der Waals surface area contributed by atoms with Gasteiger partial charge < -0.3 is 4.74 Å². The summed E-state index contributed by atoms with van der Waals surface area (Å²) in [4.78, 5) is 12.5. The van der Waals surface area contributed by atoms with Gasteiger partial charge in [0.2, 0.25) is 0 Å². The largest absolute Gasteiger partial charge is 0.443 e. The average molecular weight is 351 g/mol. The highest BCUT2D eigenvalue weighted by Crippen LogP contribution is 2.40. The summed E-state index contributed by atoms with van der Waals surface area (Å²) in [5.41, 5.74) is 1.57. The second kappa shape index (κ2) is 7.54. The van der Waals surface area contributed by atoms with E-state index in [4.69, 9.17) is 16.3 Å². The van der Waals surface area contributed by atoms with Crippen molar-refractivity contribution >= 4 is 17.6 Å². The van der Waals surface area contributed by atoms with Crippen molar-refractivity contribution < 1.29 is 9.53 Å². The number of esters is 1. The van der Waals surface area contributed by atoms with E-state index in [1.807, 2.05) is 91.0 Å². The molecule has 0 saturated carbocycles. The molecule has 25 heavy (non-hydrogen) atoms. The number of hydrogen-bond donors (Lipinski definition) is 0. The van der Waals surface area contributed by atoms with Gasteiger partial charge in [-0.15, -0.1) is 11.6 Å². The fourth-order valence-electron chi connectivity index (χ4n) is 2.93. The van der Waals surface area contributed by atoms with E-state index in [-0.39, 0.29) is 0 Å². The average Bonchev–Trinajstić information content (AvgIpc) is 2.68. The summed E-state index contributed by atoms with van der Waals surface area (Å²) in [6.45, 7) is 1.62. The maximum atomic E-state index is 12.5. The Labute approximate surface area is 153 Å². The Kier molecular flexibility index (Phi) is 5.20. The lowest BCUT2D eigenvalue weighted by Crippen LogP contribution is -2.37. The third-order valence-corrected chi connectivity index (χ3v) is 4.30. The minimum Gasteiger partial charge on any atom is -0.443 e. The van der Waals surface area contributed by atoms with Crippen LogP contribution < -0.4 is 0 Å². The first-order valence-electron chi connectivity index (χ1n) is 8.18. The first kappa shape index (κ1) is 17.2. The van der Waals surface area contributed by atoms with E-state index in [9.17, 15) is 4.79 Å². The topological polar surface area (TPSA) is 26.3 Å². The minimum absolute atomic E-state index is 0.460. The molecular weight excluding hydrogens is 332 g/mol. The van der Waals surface area contributed by atoms with Gasteiger partial charge in [0.25, 0.3) is 0 Å². The summed E-state index contributed by atoms with van der Waals surface area (Å²) in [6.07, 6.45) is 0. The number of carbonyl (C=O) groups is 1. The van der Waals surface area contributed by atoms with Crippen molar-refractivity contribution in [3.8, 4) is 0 Å². The van der Waals surface area contributed by atoms with Crippen LogP contribution in [0.15, 0.2) is 91.0 Å². The Morgan fingerprint density at radius 3 is 1.36 bits per heavy atom. The van der Waals surface area contributed by atoms with Crippen LogP contribution in [0, 0.1) is 0 Å². The Balaban J connectivity index is 2.29. The first-order valence-corrected chi connectivity index (χ1v) is 8.62. The lowest BCUT2D eigenvalue weighted by molar-refractivity contribution is -0.152. The highest BCUT2D eigenvalue weighted by Gasteiger charge is 2.41. The molecule has 0 amide bonds. The molecular formula is C22H19ClO2. The summed E-state index contributed by atoms with van der Waals surface area (Å²) in [5, 5.41) is -0.740. The van der Waals surface area contributed by atoms with Gasteiger partial charge in [-0.05, 0) is 6.92 Å². The standard InChI is InChI=1S/C22H19ClO2/c1-17(23)21(24)25-22(18-11-5-2-6-12-18,19-13-7-3-8-14-19)20-15-9-4-10-16-20/h2-17H,1H3. The van der Waals surface area contributed by atoms with Crippen LogP contribution in [0.4, 0.5) is 0 Å². The number of hydrogen-bond acceptors (Lipinski definition) is 2. The SMILES string of the molecule is CC(Cl)C(=O)OC(c1ccccc1)(c1ccccc1)c1ccccc1. The number of carbonyl (C=O) groups excluding carboxylic acids is 1. The van der Waals surface area contributed by atoms with Crippen molar-refractivity contribution in [2.24, 2.45) is 0 Å². The molecule has 0 N–H and O–H groups in total. The molecule has 0 aromatic heterocycles. The maximum absolute atomic E-state index is 12.5. The maximum Gasteiger partial charge on any atom is 0.325 e. The Bertz CT molecular complexity index is 718. The molecule has 2 nitrogen and oxygen atoms in total. The number of halogens is 1. The zero-order valence-corrected chi connectivity index (χ0v) is 14.7. The van der Waals surface area contributed by atoms with Crippen LogP contribution in [0.2, 0.25) is 0 Å². The van der Waals surface area contributed by atoms with Gasteiger partial charge in [-0.25, -0.2) is 0 Å². The Morgan fingerprint density at radius 2 is 1.08 bits per heavy atom. The van der Waals surface area contributed by atoms with E-state index in [0.29, 0.717) is 0 Å². The van der Waals surface area contributed by atoms with Gasteiger partial charge in [0.05, 0.1) is 0 Å². The van der Waals surface area contributed by atoms with Gasteiger partial charge in [-0.1, -0.05) is 91.0 Å². The number of rotatable bonds is 5. The zero-order valence-electron chi connectivity index (χ0n) is 13.9. The highest BCUT2D eigenvalue weighted by atomic mass is 35.5. The predicted octanol–water partition coefficient (Wildman–Crippen LogP) is 5.15. The molecule has 0 aliphatic rings. The molecule has 3 aromatic carbocycles. The summed E-state index contributed by atoms with van der Waals surface area (Å²) in [7, 11) is 0. The van der Waals surface area contributed by atoms with Crippen molar-refractivity contribution in [2.75, 3.05) is 0 Å². The summed E-state index contributed by atoms with van der Waals surface area (Å²) < 4.78 is 6.09. The van der Waals surface area contributed by atoms with E-state index in [1.54, 1.807) is 6.92 Å². The molecule has 126 valence electrons. The van der Waals surface area contributed by atoms with Gasteiger partial charge in [0.1, 0.15) is 5.38 Å². The summed E-state index contributed by atoms with van der Waals surface area (Å²) in [5.74, 6) is -0.460. The summed E-state index contributed by atoms with van der Waals surface area (Å²) in [6, 6.07) is 29.2. The number of ether oxygens (including phenoxy) is 1. The smallest absolute Gasteiger partial charge is 0.325 e. The molecule has 1 unspecified atom stereocenters. The second-order valence-electron chi connectivity index (χ2n) is 5.82. The molecule has 3 rings (SSSR count). The normalized spacial score (nSPS) is 12.4. The van der Waals surface area contributed by atoms with Crippen LogP contribution in [0.3, 0.4) is 0 Å². The molecule has 0 radical (unpaired) electrons. The second-order valence-corrected chi connectivity index (χ2v) is 6.47. The van der Waals surface area contributed by atoms with E-state index in [2.05, 4.69) is 0 Å². The third kappa shape index (κ3) is 3.45. The molecule has 0 aliphatic heterocycles. The lowest BCUT2D eigenvalue weighted by atomic mass is 9.80. The van der Waals surface area contributed by atoms with Gasteiger partial charge in [-0.2, -0.15) is 0 Å². The molecule has 0 fully saturated rings. The van der Waals surface area contributed by atoms with E-state index in [1.165, 1.54) is 0 Å². The van der Waals surface area contributed by atoms with Gasteiger partial charge in [0.15, 0.2) is 5.60 Å². The predicted molar refractivity (Wildman–Crippen MR) is 101 cm³/mol. The molecule has 3 heteroatoms. The fourth-order valence-corrected chi connectivity index (χ4v) is 2.97. The van der Waals surface area contributed by atoms with Crippen molar-refractivity contribution in [1.82, 2.24) is 0 Å². The van der Waals surface area contributed by atoms with E-state index in [0.717, 1.165) is 16.7 Å². The van der Waals surface area contributed by atoms with Crippen LogP contribution in [-0.2, 0) is 15.1 Å². The molecule has 3 aromatic rings. The number of benzene rings is 3. The van der Waals surface area contributed by atoms with Crippen LogP contribution in [0.25, 0.3) is 0 Å². The van der Waals surface area contributed by atoms with Crippen molar-refractivity contribution in [3.63, 3.8) is 0 Å². The van der Waals surface area contributed by atoms with Crippen LogP contribution in [0.1, 0.15) is 23.6 Å². The molecule has 0 saturated heterocycles. The first-order chi connectivity index (χ1) is 12.1. The third-order valence-electron chi connectivity index (χ3n) is 4.12. The Hall–Kier alpha value is -2.58. The molecule has 0 spiro atoms. The molecule has 1 atom stereocenters. The Morgan fingerprint density at radius 1 is 0.760 bits per heavy atom. The van der Waals surface area contributed by atoms with Crippen molar-refractivity contribution in [2.45, 2.75) is 17.9 Å². The van der Waals surface area contributed by atoms with Crippen LogP contribution >= 0.6 is 11.6 Å². The van der Waals surface area contributed by atoms with E-state index < -0.39 is 16.9 Å². The van der Waals surface area contributed by atoms with Crippen LogP contribution in [0.5, 0.6) is 0 Å². The quantitative estimate of drug-likeness (QED) is 0.361. The highest BCUT2D eigenvalue weighted by molar-refractivity contribution is 6.29. The van der Waals surface area contributed by atoms with Crippen molar-refractivity contribution in [3.05, 3.63) is 108 Å². The zero-order chi connectivity index (χ0) is 17.7. The molecule has 0 bridgehead atoms. The van der Waals surface area contributed by atoms with Crippen LogP contribution in [-0.4, -0.2) is 11.3 Å². The minimum atomic E-state index is -1.05. The summed E-state index contributed by atoms with van der Waals surface area (Å²) >= 11 is 6.02. The van der Waals surface area contributed by atoms with Crippen molar-refractivity contribution in [1.29, 1.82) is 0 Å². The number of alkyl halides is 1.